The topological polar surface area (TPSA) is 50.8 Å². The predicted molar refractivity (Wildman–Crippen MR) is 91.6 cm³/mol. The Labute approximate surface area is 141 Å². The molecule has 0 radical (unpaired) electrons. The van der Waals surface area contributed by atoms with Gasteiger partial charge in [-0.15, -0.1) is 0 Å². The molecule has 23 heavy (non-hydrogen) atoms. The number of alkyl carbamates (subject to hydrolysis) is 1. The average molecular weight is 326 g/mol. The van der Waals surface area contributed by atoms with Crippen molar-refractivity contribution in [1.82, 2.24) is 10.2 Å². The van der Waals surface area contributed by atoms with Gasteiger partial charge in [-0.3, -0.25) is 0 Å². The van der Waals surface area contributed by atoms with E-state index in [4.69, 9.17) is 9.47 Å². The molecule has 0 bridgehead atoms. The second-order valence-corrected chi connectivity index (χ2v) is 8.09. The predicted octanol–water partition coefficient (Wildman–Crippen LogP) is 3.18. The highest BCUT2D eigenvalue weighted by Gasteiger charge is 2.30. The third-order valence-corrected chi connectivity index (χ3v) is 4.99. The van der Waals surface area contributed by atoms with Crippen molar-refractivity contribution in [2.45, 2.75) is 77.0 Å². The number of likely N-dealkylation sites (tertiary alicyclic amines) is 1. The minimum Gasteiger partial charge on any atom is -0.444 e. The van der Waals surface area contributed by atoms with Crippen molar-refractivity contribution in [2.24, 2.45) is 5.92 Å². The lowest BCUT2D eigenvalue weighted by Crippen LogP contribution is -2.49. The zero-order valence-electron chi connectivity index (χ0n) is 15.3. The first-order chi connectivity index (χ1) is 10.9. The highest BCUT2D eigenvalue weighted by molar-refractivity contribution is 5.68. The maximum atomic E-state index is 11.8. The van der Waals surface area contributed by atoms with Crippen LogP contribution in [-0.2, 0) is 9.47 Å². The van der Waals surface area contributed by atoms with Crippen molar-refractivity contribution in [3.63, 3.8) is 0 Å². The maximum Gasteiger partial charge on any atom is 0.407 e. The molecule has 2 aliphatic rings. The first-order valence-corrected chi connectivity index (χ1v) is 9.10. The van der Waals surface area contributed by atoms with E-state index >= 15 is 0 Å². The molecule has 2 rings (SSSR count). The molecule has 1 aliphatic heterocycles. The van der Waals surface area contributed by atoms with E-state index in [1.165, 1.54) is 25.7 Å². The summed E-state index contributed by atoms with van der Waals surface area (Å²) in [6, 6.07) is 0.983. The van der Waals surface area contributed by atoms with Crippen LogP contribution in [-0.4, -0.2) is 55.5 Å². The minimum atomic E-state index is -0.425. The number of nitrogens with zero attached hydrogens (tertiary/aromatic N) is 1. The van der Waals surface area contributed by atoms with Gasteiger partial charge in [-0.2, -0.15) is 0 Å². The van der Waals surface area contributed by atoms with Gasteiger partial charge in [0.15, 0.2) is 0 Å². The fraction of sp³-hybridized carbons (Fsp3) is 0.944. The molecule has 1 aliphatic carbocycles. The molecule has 0 aromatic carbocycles. The monoisotopic (exact) mass is 326 g/mol. The quantitative estimate of drug-likeness (QED) is 0.862. The number of carbonyl (C=O) groups is 1. The van der Waals surface area contributed by atoms with Gasteiger partial charge in [0.25, 0.3) is 0 Å². The molecule has 0 unspecified atom stereocenters. The van der Waals surface area contributed by atoms with E-state index < -0.39 is 5.60 Å². The Balaban J connectivity index is 1.67. The van der Waals surface area contributed by atoms with E-state index in [0.29, 0.717) is 0 Å². The Hall–Kier alpha value is -0.810. The van der Waals surface area contributed by atoms with Crippen molar-refractivity contribution in [2.75, 3.05) is 26.8 Å². The van der Waals surface area contributed by atoms with Crippen LogP contribution in [0.25, 0.3) is 0 Å². The van der Waals surface area contributed by atoms with Crippen LogP contribution < -0.4 is 5.32 Å². The Morgan fingerprint density at radius 2 is 1.70 bits per heavy atom. The van der Waals surface area contributed by atoms with Gasteiger partial charge >= 0.3 is 6.09 Å². The maximum absolute atomic E-state index is 11.8. The van der Waals surface area contributed by atoms with Gasteiger partial charge in [0.1, 0.15) is 5.60 Å². The molecule has 134 valence electrons. The summed E-state index contributed by atoms with van der Waals surface area (Å²) in [5.41, 5.74) is -0.425. The molecule has 1 N–H and O–H groups in total. The molecule has 1 amide bonds. The van der Waals surface area contributed by atoms with Gasteiger partial charge in [-0.25, -0.2) is 4.79 Å². The Kier molecular flexibility index (Phi) is 6.72. The lowest BCUT2D eigenvalue weighted by Gasteiger charge is -2.40. The van der Waals surface area contributed by atoms with E-state index in [1.54, 1.807) is 7.11 Å². The smallest absolute Gasteiger partial charge is 0.407 e. The summed E-state index contributed by atoms with van der Waals surface area (Å²) in [5, 5.41) is 3.02. The van der Waals surface area contributed by atoms with Crippen molar-refractivity contribution in [3.05, 3.63) is 0 Å². The summed E-state index contributed by atoms with van der Waals surface area (Å²) in [6.07, 6.45) is 6.92. The molecule has 1 saturated carbocycles. The number of ether oxygens (including phenoxy) is 2. The highest BCUT2D eigenvalue weighted by Crippen LogP contribution is 2.29. The van der Waals surface area contributed by atoms with Crippen LogP contribution in [0, 0.1) is 5.92 Å². The molecular weight excluding hydrogens is 292 g/mol. The van der Waals surface area contributed by atoms with Gasteiger partial charge < -0.3 is 19.7 Å². The molecule has 1 heterocycles. The van der Waals surface area contributed by atoms with Crippen molar-refractivity contribution in [3.8, 4) is 0 Å². The molecule has 0 spiro atoms. The second kappa shape index (κ2) is 8.34. The summed E-state index contributed by atoms with van der Waals surface area (Å²) in [7, 11) is 1.80. The summed E-state index contributed by atoms with van der Waals surface area (Å²) in [6.45, 7) is 8.77. The standard InChI is InChI=1S/C18H34N2O3/c1-18(2,3)23-17(21)19-15-9-11-20(12-10-15)16-7-5-14(6-8-16)13-22-4/h14-16H,5-13H2,1-4H3,(H,19,21). The normalized spacial score (nSPS) is 27.7. The number of hydrogen-bond acceptors (Lipinski definition) is 4. The molecule has 0 atom stereocenters. The fourth-order valence-electron chi connectivity index (χ4n) is 3.80. The average Bonchev–Trinajstić information content (AvgIpc) is 2.47. The molecule has 2 fully saturated rings. The Morgan fingerprint density at radius 1 is 1.09 bits per heavy atom. The first kappa shape index (κ1) is 18.5. The van der Waals surface area contributed by atoms with E-state index in [-0.39, 0.29) is 12.1 Å². The van der Waals surface area contributed by atoms with Gasteiger partial charge in [0, 0.05) is 38.9 Å². The SMILES string of the molecule is COCC1CCC(N2CCC(NC(=O)OC(C)(C)C)CC2)CC1. The molecule has 5 nitrogen and oxygen atoms in total. The lowest BCUT2D eigenvalue weighted by molar-refractivity contribution is 0.0441. The number of carbonyl (C=O) groups excluding carboxylic acids is 1. The molecular formula is C18H34N2O3. The van der Waals surface area contributed by atoms with Crippen LogP contribution in [0.15, 0.2) is 0 Å². The summed E-state index contributed by atoms with van der Waals surface area (Å²) >= 11 is 0. The van der Waals surface area contributed by atoms with Crippen LogP contribution in [0.4, 0.5) is 4.79 Å². The van der Waals surface area contributed by atoms with E-state index in [0.717, 1.165) is 44.5 Å². The van der Waals surface area contributed by atoms with Crippen LogP contribution in [0.5, 0.6) is 0 Å². The van der Waals surface area contributed by atoms with E-state index in [1.807, 2.05) is 20.8 Å². The van der Waals surface area contributed by atoms with E-state index in [2.05, 4.69) is 10.2 Å². The second-order valence-electron chi connectivity index (χ2n) is 8.09. The minimum absolute atomic E-state index is 0.255. The third kappa shape index (κ3) is 6.30. The van der Waals surface area contributed by atoms with Gasteiger partial charge in [0.2, 0.25) is 0 Å². The van der Waals surface area contributed by atoms with Crippen LogP contribution in [0.3, 0.4) is 0 Å². The van der Waals surface area contributed by atoms with E-state index in [9.17, 15) is 4.79 Å². The number of hydrogen-bond donors (Lipinski definition) is 1. The van der Waals surface area contributed by atoms with Gasteiger partial charge in [0.05, 0.1) is 0 Å². The molecule has 0 aromatic heterocycles. The fourth-order valence-corrected chi connectivity index (χ4v) is 3.80. The van der Waals surface area contributed by atoms with Gasteiger partial charge in [-0.1, -0.05) is 0 Å². The molecule has 5 heteroatoms. The zero-order valence-corrected chi connectivity index (χ0v) is 15.3. The lowest BCUT2D eigenvalue weighted by atomic mass is 9.85. The van der Waals surface area contributed by atoms with Gasteiger partial charge in [-0.05, 0) is 65.2 Å². The Morgan fingerprint density at radius 3 is 2.22 bits per heavy atom. The number of amides is 1. The number of piperidine rings is 1. The largest absolute Gasteiger partial charge is 0.444 e. The molecule has 1 saturated heterocycles. The van der Waals surface area contributed by atoms with Crippen LogP contribution in [0.2, 0.25) is 0 Å². The summed E-state index contributed by atoms with van der Waals surface area (Å²) in [4.78, 5) is 14.5. The van der Waals surface area contributed by atoms with Crippen molar-refractivity contribution >= 4 is 6.09 Å². The summed E-state index contributed by atoms with van der Waals surface area (Å²) in [5.74, 6) is 0.752. The molecule has 0 aromatic rings. The highest BCUT2D eigenvalue weighted by atomic mass is 16.6. The zero-order chi connectivity index (χ0) is 16.9. The number of rotatable bonds is 4. The Bertz CT molecular complexity index is 365. The van der Waals surface area contributed by atoms with Crippen LogP contribution in [0.1, 0.15) is 59.3 Å². The third-order valence-electron chi connectivity index (χ3n) is 4.99. The summed E-state index contributed by atoms with van der Waals surface area (Å²) < 4.78 is 10.6. The van der Waals surface area contributed by atoms with Crippen LogP contribution >= 0.6 is 0 Å². The number of nitrogens with one attached hydrogen (secondary N) is 1. The van der Waals surface area contributed by atoms with Crippen molar-refractivity contribution < 1.29 is 14.3 Å². The first-order valence-electron chi connectivity index (χ1n) is 9.10. The van der Waals surface area contributed by atoms with Crippen molar-refractivity contribution in [1.29, 1.82) is 0 Å². The number of methoxy groups -OCH3 is 1.